The van der Waals surface area contributed by atoms with E-state index in [2.05, 4.69) is 5.23 Å². The van der Waals surface area contributed by atoms with E-state index in [1.807, 2.05) is 54.6 Å². The van der Waals surface area contributed by atoms with Crippen molar-refractivity contribution >= 4 is 35.2 Å². The number of benzene rings is 4. The van der Waals surface area contributed by atoms with Crippen molar-refractivity contribution in [2.75, 3.05) is 5.23 Å². The predicted octanol–water partition coefficient (Wildman–Crippen LogP) is 7.94. The largest absolute Gasteiger partial charge is 0.420 e. The third-order valence-corrected chi connectivity index (χ3v) is 6.96. The van der Waals surface area contributed by atoms with E-state index in [1.54, 1.807) is 0 Å². The van der Waals surface area contributed by atoms with Crippen LogP contribution < -0.4 is 10.7 Å². The minimum absolute atomic E-state index is 0.295. The van der Waals surface area contributed by atoms with Crippen molar-refractivity contribution in [3.63, 3.8) is 0 Å². The van der Waals surface area contributed by atoms with Crippen LogP contribution in [-0.2, 0) is 12.4 Å². The van der Waals surface area contributed by atoms with Gasteiger partial charge in [0.05, 0.1) is 11.1 Å². The van der Waals surface area contributed by atoms with Gasteiger partial charge in [-0.3, -0.25) is 0 Å². The van der Waals surface area contributed by atoms with Gasteiger partial charge in [-0.15, -0.1) is 0 Å². The summed E-state index contributed by atoms with van der Waals surface area (Å²) in [5.74, 6) is 0. The monoisotopic (exact) mass is 517 g/mol. The Labute approximate surface area is 215 Å². The van der Waals surface area contributed by atoms with Crippen LogP contribution in [0.4, 0.5) is 32.0 Å². The van der Waals surface area contributed by atoms with Crippen LogP contribution in [0.1, 0.15) is 33.4 Å². The van der Waals surface area contributed by atoms with Crippen molar-refractivity contribution in [3.05, 3.63) is 136 Å². The SMILES string of the molecule is FC(F)(F)c1ccc(C2=C(c3ccc(C(F)(F)F)cc3)c3ccccc3B3Nc4ccccc4C=C32)cc1. The molecule has 0 atom stereocenters. The van der Waals surface area contributed by atoms with Crippen molar-refractivity contribution < 1.29 is 26.3 Å². The number of allylic oxidation sites excluding steroid dienone is 2. The summed E-state index contributed by atoms with van der Waals surface area (Å²) in [6, 6.07) is 25.1. The number of halogens is 6. The zero-order chi connectivity index (χ0) is 26.7. The number of fused-ring (bicyclic) bond motifs is 4. The molecular formula is C30H18BF6N. The molecule has 0 fully saturated rings. The molecule has 6 rings (SSSR count). The zero-order valence-corrected chi connectivity index (χ0v) is 19.7. The summed E-state index contributed by atoms with van der Waals surface area (Å²) in [4.78, 5) is 0. The quantitative estimate of drug-likeness (QED) is 0.210. The standard InChI is InChI=1S/C30H18BF6N/c32-29(33,34)21-13-9-18(10-14-21)27-23-6-2-3-7-24(23)31-25(17-20-5-1-4-8-26(20)38-31)28(27)19-11-15-22(16-12-19)30(35,36)37/h1-17,38H. The number of hydrogen-bond acceptors (Lipinski definition) is 1. The molecule has 188 valence electrons. The highest BCUT2D eigenvalue weighted by Gasteiger charge is 2.39. The molecule has 0 aromatic heterocycles. The maximum Gasteiger partial charge on any atom is 0.416 e. The van der Waals surface area contributed by atoms with Crippen molar-refractivity contribution in [1.82, 2.24) is 0 Å². The smallest absolute Gasteiger partial charge is 0.416 e. The van der Waals surface area contributed by atoms with Gasteiger partial charge in [0, 0.05) is 5.69 Å². The molecule has 0 spiro atoms. The fourth-order valence-corrected chi connectivity index (χ4v) is 5.22. The van der Waals surface area contributed by atoms with E-state index in [1.165, 1.54) is 24.3 Å². The van der Waals surface area contributed by atoms with Crippen LogP contribution in [-0.4, -0.2) is 6.85 Å². The lowest BCUT2D eigenvalue weighted by Crippen LogP contribution is -2.46. The lowest BCUT2D eigenvalue weighted by Gasteiger charge is -2.35. The van der Waals surface area contributed by atoms with Gasteiger partial charge in [0.1, 0.15) is 0 Å². The minimum Gasteiger partial charge on any atom is -0.420 e. The van der Waals surface area contributed by atoms with E-state index < -0.39 is 23.5 Å². The third kappa shape index (κ3) is 4.10. The average Bonchev–Trinajstić information content (AvgIpc) is 2.90. The molecule has 2 aliphatic rings. The van der Waals surface area contributed by atoms with Crippen LogP contribution in [0.15, 0.2) is 103 Å². The van der Waals surface area contributed by atoms with Gasteiger partial charge < -0.3 is 5.23 Å². The van der Waals surface area contributed by atoms with Gasteiger partial charge in [0.2, 0.25) is 0 Å². The Morgan fingerprint density at radius 1 is 0.553 bits per heavy atom. The first-order valence-corrected chi connectivity index (χ1v) is 11.9. The predicted molar refractivity (Wildman–Crippen MR) is 139 cm³/mol. The number of hydrogen-bond donors (Lipinski definition) is 1. The van der Waals surface area contributed by atoms with Gasteiger partial charge in [0.15, 0.2) is 0 Å². The lowest BCUT2D eigenvalue weighted by molar-refractivity contribution is -0.138. The number of alkyl halides is 6. The molecule has 2 aliphatic heterocycles. The third-order valence-electron chi connectivity index (χ3n) is 6.96. The van der Waals surface area contributed by atoms with Crippen molar-refractivity contribution in [3.8, 4) is 0 Å². The van der Waals surface area contributed by atoms with E-state index in [4.69, 9.17) is 0 Å². The Hall–Kier alpha value is -4.20. The Balaban J connectivity index is 1.65. The Kier molecular flexibility index (Phi) is 5.52. The molecule has 38 heavy (non-hydrogen) atoms. The molecule has 0 saturated carbocycles. The fraction of sp³-hybridized carbons (Fsp3) is 0.0667. The summed E-state index contributed by atoms with van der Waals surface area (Å²) in [5, 5.41) is 3.56. The normalized spacial score (nSPS) is 14.8. The summed E-state index contributed by atoms with van der Waals surface area (Å²) in [6.45, 7) is -0.295. The molecule has 0 unspecified atom stereocenters. The molecule has 0 bridgehead atoms. The van der Waals surface area contributed by atoms with Crippen molar-refractivity contribution in [2.24, 2.45) is 0 Å². The molecule has 0 radical (unpaired) electrons. The maximum absolute atomic E-state index is 13.3. The molecular weight excluding hydrogens is 499 g/mol. The van der Waals surface area contributed by atoms with Crippen LogP contribution in [0.3, 0.4) is 0 Å². The number of para-hydroxylation sites is 1. The van der Waals surface area contributed by atoms with Crippen LogP contribution in [0, 0.1) is 0 Å². The molecule has 0 amide bonds. The average molecular weight is 517 g/mol. The summed E-state index contributed by atoms with van der Waals surface area (Å²) in [6.07, 6.45) is -6.97. The van der Waals surface area contributed by atoms with Gasteiger partial charge in [-0.2, -0.15) is 26.3 Å². The Morgan fingerprint density at radius 2 is 1.08 bits per heavy atom. The molecule has 1 nitrogen and oxygen atoms in total. The van der Waals surface area contributed by atoms with Crippen LogP contribution >= 0.6 is 0 Å². The molecule has 0 saturated heterocycles. The maximum atomic E-state index is 13.3. The van der Waals surface area contributed by atoms with Gasteiger partial charge in [-0.05, 0) is 74.7 Å². The molecule has 4 aromatic rings. The van der Waals surface area contributed by atoms with E-state index in [0.29, 0.717) is 22.3 Å². The molecule has 0 aliphatic carbocycles. The van der Waals surface area contributed by atoms with Gasteiger partial charge in [0.25, 0.3) is 0 Å². The van der Waals surface area contributed by atoms with E-state index in [9.17, 15) is 26.3 Å². The van der Waals surface area contributed by atoms with Crippen molar-refractivity contribution in [2.45, 2.75) is 12.4 Å². The minimum atomic E-state index is -4.49. The topological polar surface area (TPSA) is 12.0 Å². The van der Waals surface area contributed by atoms with Crippen LogP contribution in [0.5, 0.6) is 0 Å². The highest BCUT2D eigenvalue weighted by atomic mass is 19.4. The first-order chi connectivity index (χ1) is 18.1. The summed E-state index contributed by atoms with van der Waals surface area (Å²) >= 11 is 0. The van der Waals surface area contributed by atoms with Gasteiger partial charge in [-0.1, -0.05) is 72.8 Å². The Morgan fingerprint density at radius 3 is 1.68 bits per heavy atom. The van der Waals surface area contributed by atoms with E-state index in [-0.39, 0.29) is 6.85 Å². The molecule has 8 heteroatoms. The van der Waals surface area contributed by atoms with Crippen LogP contribution in [0.25, 0.3) is 17.2 Å². The lowest BCUT2D eigenvalue weighted by atomic mass is 9.42. The number of rotatable bonds is 2. The summed E-state index contributed by atoms with van der Waals surface area (Å²) in [5.41, 5.74) is 5.27. The highest BCUT2D eigenvalue weighted by Crippen LogP contribution is 2.44. The second-order valence-corrected chi connectivity index (χ2v) is 9.25. The molecule has 4 aromatic carbocycles. The summed E-state index contributed by atoms with van der Waals surface area (Å²) < 4.78 is 80.0. The van der Waals surface area contributed by atoms with E-state index >= 15 is 0 Å². The van der Waals surface area contributed by atoms with Gasteiger partial charge in [-0.25, -0.2) is 0 Å². The summed E-state index contributed by atoms with van der Waals surface area (Å²) in [7, 11) is 0. The molecule has 1 N–H and O–H groups in total. The van der Waals surface area contributed by atoms with E-state index in [0.717, 1.165) is 52.0 Å². The Bertz CT molecular complexity index is 1600. The highest BCUT2D eigenvalue weighted by molar-refractivity contribution is 6.87. The molecule has 2 heterocycles. The first-order valence-electron chi connectivity index (χ1n) is 11.9. The van der Waals surface area contributed by atoms with Gasteiger partial charge >= 0.3 is 19.2 Å². The fourth-order valence-electron chi connectivity index (χ4n) is 5.22. The van der Waals surface area contributed by atoms with Crippen LogP contribution in [0.2, 0.25) is 0 Å². The number of anilines is 1. The van der Waals surface area contributed by atoms with Crippen molar-refractivity contribution in [1.29, 1.82) is 0 Å². The first kappa shape index (κ1) is 24.2. The number of nitrogens with one attached hydrogen (secondary N) is 1. The zero-order valence-electron chi connectivity index (χ0n) is 19.7. The second kappa shape index (κ2) is 8.69. The second-order valence-electron chi connectivity index (χ2n) is 9.25.